The zero-order chi connectivity index (χ0) is 19.2. The van der Waals surface area contributed by atoms with E-state index in [2.05, 4.69) is 34.5 Å². The topological polar surface area (TPSA) is 75.5 Å². The van der Waals surface area contributed by atoms with Crippen LogP contribution in [0.3, 0.4) is 0 Å². The number of piperidine rings is 1. The van der Waals surface area contributed by atoms with Crippen molar-refractivity contribution in [2.45, 2.75) is 19.3 Å². The molecular weight excluding hydrogens is 366 g/mol. The van der Waals surface area contributed by atoms with Crippen molar-refractivity contribution in [3.63, 3.8) is 0 Å². The van der Waals surface area contributed by atoms with Crippen molar-refractivity contribution in [1.29, 1.82) is 0 Å². The number of anilines is 1. The molecule has 0 bridgehead atoms. The molecule has 1 amide bonds. The summed E-state index contributed by atoms with van der Waals surface area (Å²) in [6.45, 7) is 2.00. The Hall–Kier alpha value is -2.44. The van der Waals surface area contributed by atoms with Gasteiger partial charge in [0.05, 0.1) is 22.2 Å². The van der Waals surface area contributed by atoms with Gasteiger partial charge in [-0.2, -0.15) is 0 Å². The smallest absolute Gasteiger partial charge is 0.271 e. The fourth-order valence-corrected chi connectivity index (χ4v) is 3.58. The van der Waals surface area contributed by atoms with Crippen LogP contribution in [0, 0.1) is 16.0 Å². The minimum Gasteiger partial charge on any atom is -0.323 e. The largest absolute Gasteiger partial charge is 0.323 e. The van der Waals surface area contributed by atoms with Crippen LogP contribution in [-0.2, 0) is 11.2 Å². The number of nitrogens with one attached hydrogen (secondary N) is 1. The average Bonchev–Trinajstić information content (AvgIpc) is 2.66. The van der Waals surface area contributed by atoms with E-state index in [1.807, 2.05) is 6.07 Å². The quantitative estimate of drug-likeness (QED) is 0.597. The SMILES string of the molecule is O=C(CN1CCC(Cc2ccccc2)CC1)Nc1cc([N+](=O)[O-])ccc1Cl. The standard InChI is InChI=1S/C20H22ClN3O3/c21-18-7-6-17(24(26)27)13-19(18)22-20(25)14-23-10-8-16(9-11-23)12-15-4-2-1-3-5-15/h1-7,13,16H,8-12,14H2,(H,22,25). The van der Waals surface area contributed by atoms with Crippen LogP contribution in [0.5, 0.6) is 0 Å². The molecule has 7 heteroatoms. The summed E-state index contributed by atoms with van der Waals surface area (Å²) in [4.78, 5) is 24.8. The molecule has 0 radical (unpaired) electrons. The lowest BCUT2D eigenvalue weighted by atomic mass is 9.90. The Balaban J connectivity index is 1.48. The number of hydrogen-bond acceptors (Lipinski definition) is 4. The number of nitrogens with zero attached hydrogens (tertiary/aromatic N) is 2. The normalized spacial score (nSPS) is 15.4. The first-order valence-electron chi connectivity index (χ1n) is 9.01. The molecule has 142 valence electrons. The number of carbonyl (C=O) groups excluding carboxylic acids is 1. The van der Waals surface area contributed by atoms with Crippen LogP contribution < -0.4 is 5.32 Å². The third-order valence-corrected chi connectivity index (χ3v) is 5.21. The lowest BCUT2D eigenvalue weighted by molar-refractivity contribution is -0.384. The molecule has 1 aliphatic rings. The maximum atomic E-state index is 12.3. The van der Waals surface area contributed by atoms with Gasteiger partial charge in [0.1, 0.15) is 0 Å². The van der Waals surface area contributed by atoms with E-state index in [9.17, 15) is 14.9 Å². The molecule has 3 rings (SSSR count). The summed E-state index contributed by atoms with van der Waals surface area (Å²) in [5, 5.41) is 13.8. The molecule has 0 aromatic heterocycles. The summed E-state index contributed by atoms with van der Waals surface area (Å²) in [6, 6.07) is 14.5. The van der Waals surface area contributed by atoms with Crippen LogP contribution in [-0.4, -0.2) is 35.4 Å². The van der Waals surface area contributed by atoms with Gasteiger partial charge in [0.2, 0.25) is 5.91 Å². The summed E-state index contributed by atoms with van der Waals surface area (Å²) < 4.78 is 0. The number of benzene rings is 2. The van der Waals surface area contributed by atoms with Crippen LogP contribution in [0.2, 0.25) is 5.02 Å². The van der Waals surface area contributed by atoms with E-state index >= 15 is 0 Å². The van der Waals surface area contributed by atoms with Crippen LogP contribution in [0.1, 0.15) is 18.4 Å². The lowest BCUT2D eigenvalue weighted by Crippen LogP contribution is -2.39. The maximum Gasteiger partial charge on any atom is 0.271 e. The van der Waals surface area contributed by atoms with Crippen LogP contribution in [0.15, 0.2) is 48.5 Å². The Bertz CT molecular complexity index is 805. The van der Waals surface area contributed by atoms with E-state index in [1.165, 1.54) is 23.8 Å². The molecule has 0 saturated carbocycles. The number of non-ortho nitro benzene ring substituents is 1. The van der Waals surface area contributed by atoms with E-state index in [0.29, 0.717) is 5.92 Å². The molecule has 1 heterocycles. The van der Waals surface area contributed by atoms with Crippen molar-refractivity contribution in [2.75, 3.05) is 25.0 Å². The Morgan fingerprint density at radius 3 is 2.56 bits per heavy atom. The predicted molar refractivity (Wildman–Crippen MR) is 106 cm³/mol. The van der Waals surface area contributed by atoms with Gasteiger partial charge in [-0.3, -0.25) is 19.8 Å². The van der Waals surface area contributed by atoms with Crippen LogP contribution in [0.25, 0.3) is 0 Å². The Kier molecular flexibility index (Phi) is 6.42. The van der Waals surface area contributed by atoms with Crippen LogP contribution >= 0.6 is 11.6 Å². The molecule has 2 aromatic carbocycles. The number of nitro benzene ring substituents is 1. The first kappa shape index (κ1) is 19.3. The molecular formula is C20H22ClN3O3. The Morgan fingerprint density at radius 2 is 1.89 bits per heavy atom. The average molecular weight is 388 g/mol. The first-order chi connectivity index (χ1) is 13.0. The second-order valence-electron chi connectivity index (χ2n) is 6.88. The van der Waals surface area contributed by atoms with Gasteiger partial charge in [0.15, 0.2) is 0 Å². The van der Waals surface area contributed by atoms with E-state index in [4.69, 9.17) is 11.6 Å². The highest BCUT2D eigenvalue weighted by molar-refractivity contribution is 6.33. The molecule has 2 aromatic rings. The molecule has 6 nitrogen and oxygen atoms in total. The Morgan fingerprint density at radius 1 is 1.19 bits per heavy atom. The van der Waals surface area contributed by atoms with E-state index in [0.717, 1.165) is 32.4 Å². The molecule has 0 spiro atoms. The van der Waals surface area contributed by atoms with Crippen molar-refractivity contribution in [3.8, 4) is 0 Å². The fourth-order valence-electron chi connectivity index (χ4n) is 3.41. The first-order valence-corrected chi connectivity index (χ1v) is 9.39. The summed E-state index contributed by atoms with van der Waals surface area (Å²) in [5.74, 6) is 0.428. The Labute approximate surface area is 163 Å². The summed E-state index contributed by atoms with van der Waals surface area (Å²) in [7, 11) is 0. The molecule has 1 fully saturated rings. The maximum absolute atomic E-state index is 12.3. The number of halogens is 1. The molecule has 1 saturated heterocycles. The third-order valence-electron chi connectivity index (χ3n) is 4.88. The molecule has 1 N–H and O–H groups in total. The second-order valence-corrected chi connectivity index (χ2v) is 7.29. The zero-order valence-corrected chi connectivity index (χ0v) is 15.7. The zero-order valence-electron chi connectivity index (χ0n) is 14.9. The number of nitro groups is 1. The van der Waals surface area contributed by atoms with Gasteiger partial charge < -0.3 is 5.32 Å². The number of rotatable bonds is 6. The monoisotopic (exact) mass is 387 g/mol. The second kappa shape index (κ2) is 8.97. The van der Waals surface area contributed by atoms with E-state index < -0.39 is 4.92 Å². The fraction of sp³-hybridized carbons (Fsp3) is 0.350. The summed E-state index contributed by atoms with van der Waals surface area (Å²) in [6.07, 6.45) is 3.18. The number of likely N-dealkylation sites (tertiary alicyclic amines) is 1. The molecule has 0 atom stereocenters. The minimum absolute atomic E-state index is 0.101. The molecule has 0 aliphatic carbocycles. The van der Waals surface area contributed by atoms with Crippen LogP contribution in [0.4, 0.5) is 11.4 Å². The van der Waals surface area contributed by atoms with Crippen molar-refractivity contribution in [2.24, 2.45) is 5.92 Å². The van der Waals surface area contributed by atoms with Crippen molar-refractivity contribution >= 4 is 28.9 Å². The minimum atomic E-state index is -0.510. The predicted octanol–water partition coefficient (Wildman–Crippen LogP) is 4.14. The van der Waals surface area contributed by atoms with Gasteiger partial charge in [-0.15, -0.1) is 0 Å². The highest BCUT2D eigenvalue weighted by Crippen LogP contribution is 2.27. The van der Waals surface area contributed by atoms with Crippen molar-refractivity contribution in [1.82, 2.24) is 4.90 Å². The molecule has 1 aliphatic heterocycles. The van der Waals surface area contributed by atoms with Gasteiger partial charge in [-0.1, -0.05) is 41.9 Å². The highest BCUT2D eigenvalue weighted by atomic mass is 35.5. The van der Waals surface area contributed by atoms with E-state index in [1.54, 1.807) is 0 Å². The number of hydrogen-bond donors (Lipinski definition) is 1. The van der Waals surface area contributed by atoms with Gasteiger partial charge in [-0.05, 0) is 49.9 Å². The van der Waals surface area contributed by atoms with E-state index in [-0.39, 0.29) is 28.8 Å². The summed E-state index contributed by atoms with van der Waals surface area (Å²) >= 11 is 6.03. The van der Waals surface area contributed by atoms with Gasteiger partial charge in [-0.25, -0.2) is 0 Å². The van der Waals surface area contributed by atoms with Crippen molar-refractivity contribution < 1.29 is 9.72 Å². The van der Waals surface area contributed by atoms with Gasteiger partial charge in [0.25, 0.3) is 5.69 Å². The molecule has 0 unspecified atom stereocenters. The number of amides is 1. The summed E-state index contributed by atoms with van der Waals surface area (Å²) in [5.41, 5.74) is 1.53. The molecule has 27 heavy (non-hydrogen) atoms. The van der Waals surface area contributed by atoms with Gasteiger partial charge in [0, 0.05) is 12.1 Å². The number of carbonyl (C=O) groups is 1. The van der Waals surface area contributed by atoms with Crippen molar-refractivity contribution in [3.05, 3.63) is 69.2 Å². The highest BCUT2D eigenvalue weighted by Gasteiger charge is 2.21. The lowest BCUT2D eigenvalue weighted by Gasteiger charge is -2.31. The third kappa shape index (κ3) is 5.52. The van der Waals surface area contributed by atoms with Gasteiger partial charge >= 0.3 is 0 Å².